The zero-order valence-corrected chi connectivity index (χ0v) is 19.7. The van der Waals surface area contributed by atoms with Crippen LogP contribution in [0.4, 0.5) is 24.7 Å². The Bertz CT molecular complexity index is 1500. The van der Waals surface area contributed by atoms with Gasteiger partial charge in [0.1, 0.15) is 11.6 Å². The van der Waals surface area contributed by atoms with Crippen molar-refractivity contribution in [3.8, 4) is 22.4 Å². The second-order valence-electron chi connectivity index (χ2n) is 9.92. The Labute approximate surface area is 206 Å². The van der Waals surface area contributed by atoms with Crippen molar-refractivity contribution in [2.45, 2.75) is 38.6 Å². The lowest BCUT2D eigenvalue weighted by Crippen LogP contribution is -2.47. The summed E-state index contributed by atoms with van der Waals surface area (Å²) in [6.07, 6.45) is 9.14. The average Bonchev–Trinajstić information content (AvgIpc) is 3.31. The number of anilines is 1. The van der Waals surface area contributed by atoms with Crippen LogP contribution in [0.5, 0.6) is 0 Å². The molecule has 182 valence electrons. The second-order valence-corrected chi connectivity index (χ2v) is 9.92. The Kier molecular flexibility index (Phi) is 5.44. The van der Waals surface area contributed by atoms with Crippen molar-refractivity contribution in [2.24, 2.45) is 17.8 Å². The number of benzene rings is 1. The van der Waals surface area contributed by atoms with Gasteiger partial charge in [-0.25, -0.2) is 23.0 Å². The van der Waals surface area contributed by atoms with Gasteiger partial charge < -0.3 is 10.3 Å². The Morgan fingerprint density at radius 1 is 1.11 bits per heavy atom. The number of rotatable bonds is 4. The smallest absolute Gasteiger partial charge is 0.223 e. The van der Waals surface area contributed by atoms with Crippen LogP contribution in [-0.4, -0.2) is 21.0 Å². The number of aromatic amines is 1. The summed E-state index contributed by atoms with van der Waals surface area (Å²) in [5, 5.41) is 3.64. The molecular weight excluding hydrogens is 463 g/mol. The Morgan fingerprint density at radius 3 is 2.58 bits per heavy atom. The minimum Gasteiger partial charge on any atom is -0.364 e. The van der Waals surface area contributed by atoms with E-state index in [4.69, 9.17) is 6.57 Å². The fraction of sp³-hybridized carbons (Fsp3) is 0.321. The second kappa shape index (κ2) is 8.66. The molecule has 2 atom stereocenters. The summed E-state index contributed by atoms with van der Waals surface area (Å²) in [6.45, 7) is 10.1. The molecule has 1 aromatic carbocycles. The molecule has 3 heterocycles. The van der Waals surface area contributed by atoms with Crippen LogP contribution < -0.4 is 5.32 Å². The predicted octanol–water partition coefficient (Wildman–Crippen LogP) is 7.50. The van der Waals surface area contributed by atoms with Crippen LogP contribution in [0.15, 0.2) is 42.9 Å². The molecule has 3 aliphatic carbocycles. The third-order valence-electron chi connectivity index (χ3n) is 8.07. The van der Waals surface area contributed by atoms with Crippen molar-refractivity contribution in [2.75, 3.05) is 5.32 Å². The Hall–Kier alpha value is -3.86. The number of aromatic nitrogens is 3. The minimum absolute atomic E-state index is 0.0326. The van der Waals surface area contributed by atoms with Crippen LogP contribution in [0, 0.1) is 41.8 Å². The largest absolute Gasteiger partial charge is 0.364 e. The third kappa shape index (κ3) is 3.53. The maximum absolute atomic E-state index is 16.2. The monoisotopic (exact) mass is 487 g/mol. The van der Waals surface area contributed by atoms with Gasteiger partial charge in [-0.1, -0.05) is 13.0 Å². The standard InChI is InChI=1S/C28H24F3N5/c1-14-15-5-7-16(8-6-15)24(14)35-28-23(31)22(17-4-3-9-33-12-17)27(32-2)26(36-28)20-13-34-25-19(20)10-18(29)11-21(25)30/h3-4,9-16,24,34H,5-8H2,1H3,(H,35,36)/t14-,15?,16?,24+/m0/s1. The number of fused-ring (bicyclic) bond motifs is 4. The van der Waals surface area contributed by atoms with Crippen LogP contribution in [-0.2, 0) is 0 Å². The van der Waals surface area contributed by atoms with E-state index >= 15 is 4.39 Å². The first-order valence-corrected chi connectivity index (χ1v) is 12.2. The van der Waals surface area contributed by atoms with E-state index < -0.39 is 17.5 Å². The molecule has 2 bridgehead atoms. The number of halogens is 3. The number of H-pyrrole nitrogens is 1. The van der Waals surface area contributed by atoms with Gasteiger partial charge in [0.25, 0.3) is 0 Å². The molecule has 3 aromatic heterocycles. The van der Waals surface area contributed by atoms with E-state index in [-0.39, 0.29) is 39.7 Å². The van der Waals surface area contributed by atoms with Crippen molar-refractivity contribution in [3.05, 3.63) is 71.7 Å². The molecular formula is C28H24F3N5. The van der Waals surface area contributed by atoms with E-state index in [0.29, 0.717) is 28.9 Å². The normalized spacial score (nSPS) is 23.1. The lowest BCUT2D eigenvalue weighted by atomic mass is 9.62. The maximum Gasteiger partial charge on any atom is 0.223 e. The zero-order chi connectivity index (χ0) is 25.0. The molecule has 3 fully saturated rings. The van der Waals surface area contributed by atoms with Gasteiger partial charge in [0.2, 0.25) is 5.69 Å². The average molecular weight is 488 g/mol. The van der Waals surface area contributed by atoms with Gasteiger partial charge in [-0.2, -0.15) is 0 Å². The molecule has 4 aromatic rings. The highest BCUT2D eigenvalue weighted by Gasteiger charge is 2.42. The molecule has 0 spiro atoms. The summed E-state index contributed by atoms with van der Waals surface area (Å²) >= 11 is 0. The summed E-state index contributed by atoms with van der Waals surface area (Å²) in [5.74, 6) is -0.690. The molecule has 0 saturated heterocycles. The first-order chi connectivity index (χ1) is 17.5. The van der Waals surface area contributed by atoms with Crippen LogP contribution in [0.25, 0.3) is 38.1 Å². The number of nitrogens with zero attached hydrogens (tertiary/aromatic N) is 3. The van der Waals surface area contributed by atoms with Crippen molar-refractivity contribution in [1.29, 1.82) is 0 Å². The molecule has 3 aliphatic rings. The fourth-order valence-corrected chi connectivity index (χ4v) is 6.23. The Morgan fingerprint density at radius 2 is 1.89 bits per heavy atom. The van der Waals surface area contributed by atoms with Crippen LogP contribution >= 0.6 is 0 Å². The van der Waals surface area contributed by atoms with Crippen LogP contribution in [0.3, 0.4) is 0 Å². The highest BCUT2D eigenvalue weighted by Crippen LogP contribution is 2.48. The van der Waals surface area contributed by atoms with E-state index in [1.807, 2.05) is 0 Å². The van der Waals surface area contributed by atoms with E-state index in [2.05, 4.69) is 32.0 Å². The highest BCUT2D eigenvalue weighted by atomic mass is 19.1. The SMILES string of the molecule is [C-]#[N+]c1c(-c2c[nH]c3c(F)cc(F)cc23)nc(N[C@H]2C3CCC(CC3)[C@@H]2C)c(F)c1-c1cccnc1. The van der Waals surface area contributed by atoms with Crippen LogP contribution in [0.1, 0.15) is 32.6 Å². The first kappa shape index (κ1) is 22.6. The van der Waals surface area contributed by atoms with Gasteiger partial charge >= 0.3 is 0 Å². The quantitative estimate of drug-likeness (QED) is 0.293. The molecule has 2 N–H and O–H groups in total. The van der Waals surface area contributed by atoms with Gasteiger partial charge in [0.05, 0.1) is 17.8 Å². The van der Waals surface area contributed by atoms with Gasteiger partial charge in [0.15, 0.2) is 11.6 Å². The summed E-state index contributed by atoms with van der Waals surface area (Å²) in [5.41, 5.74) is 1.07. The summed E-state index contributed by atoms with van der Waals surface area (Å²) in [4.78, 5) is 15.2. The molecule has 7 rings (SSSR count). The lowest BCUT2D eigenvalue weighted by Gasteiger charge is -2.47. The lowest BCUT2D eigenvalue weighted by molar-refractivity contribution is 0.0926. The molecule has 0 amide bonds. The van der Waals surface area contributed by atoms with E-state index in [1.54, 1.807) is 18.3 Å². The van der Waals surface area contributed by atoms with Crippen molar-refractivity contribution >= 4 is 22.4 Å². The van der Waals surface area contributed by atoms with E-state index in [9.17, 15) is 8.78 Å². The molecule has 3 saturated carbocycles. The van der Waals surface area contributed by atoms with E-state index in [0.717, 1.165) is 18.9 Å². The van der Waals surface area contributed by atoms with Crippen molar-refractivity contribution < 1.29 is 13.2 Å². The number of nitrogens with one attached hydrogen (secondary N) is 2. The summed E-state index contributed by atoms with van der Waals surface area (Å²) < 4.78 is 44.8. The topological polar surface area (TPSA) is 58.0 Å². The number of hydrogen-bond acceptors (Lipinski definition) is 3. The van der Waals surface area contributed by atoms with E-state index in [1.165, 1.54) is 31.3 Å². The molecule has 0 unspecified atom stereocenters. The Balaban J connectivity index is 1.58. The zero-order valence-electron chi connectivity index (χ0n) is 19.7. The number of hydrogen-bond donors (Lipinski definition) is 2. The third-order valence-corrected chi connectivity index (χ3v) is 8.07. The van der Waals surface area contributed by atoms with Crippen LogP contribution in [0.2, 0.25) is 0 Å². The first-order valence-electron chi connectivity index (χ1n) is 12.2. The molecule has 5 nitrogen and oxygen atoms in total. The summed E-state index contributed by atoms with van der Waals surface area (Å²) in [7, 11) is 0. The summed E-state index contributed by atoms with van der Waals surface area (Å²) in [6, 6.07) is 5.42. The van der Waals surface area contributed by atoms with Crippen molar-refractivity contribution in [3.63, 3.8) is 0 Å². The predicted molar refractivity (Wildman–Crippen MR) is 133 cm³/mol. The minimum atomic E-state index is -0.749. The van der Waals surface area contributed by atoms with Gasteiger partial charge in [0, 0.05) is 47.2 Å². The van der Waals surface area contributed by atoms with Crippen molar-refractivity contribution in [1.82, 2.24) is 15.0 Å². The molecule has 8 heteroatoms. The number of pyridine rings is 2. The maximum atomic E-state index is 16.2. The molecule has 0 aliphatic heterocycles. The highest BCUT2D eigenvalue weighted by molar-refractivity contribution is 6.01. The fourth-order valence-electron chi connectivity index (χ4n) is 6.23. The van der Waals surface area contributed by atoms with Gasteiger partial charge in [-0.3, -0.25) is 4.98 Å². The van der Waals surface area contributed by atoms with Gasteiger partial charge in [-0.15, -0.1) is 0 Å². The molecule has 36 heavy (non-hydrogen) atoms. The van der Waals surface area contributed by atoms with Gasteiger partial charge in [-0.05, 0) is 61.1 Å². The molecule has 0 radical (unpaired) electrons.